The molecule has 0 unspecified atom stereocenters. The van der Waals surface area contributed by atoms with E-state index in [1.165, 1.54) is 11.3 Å². The lowest BCUT2D eigenvalue weighted by atomic mass is 9.95. The fourth-order valence-corrected chi connectivity index (χ4v) is 4.57. The van der Waals surface area contributed by atoms with Crippen molar-refractivity contribution in [3.8, 4) is 11.5 Å². The first-order chi connectivity index (χ1) is 13.5. The Kier molecular flexibility index (Phi) is 6.57. The van der Waals surface area contributed by atoms with Crippen molar-refractivity contribution in [3.63, 3.8) is 0 Å². The molecule has 6 nitrogen and oxygen atoms in total. The molecule has 1 aromatic heterocycles. The van der Waals surface area contributed by atoms with Crippen molar-refractivity contribution in [1.82, 2.24) is 0 Å². The average Bonchev–Trinajstić information content (AvgIpc) is 3.04. The summed E-state index contributed by atoms with van der Waals surface area (Å²) in [5.74, 6) is 0.371. The Balaban J connectivity index is 1.73. The Morgan fingerprint density at radius 1 is 1.18 bits per heavy atom. The number of carbonyl (C=O) groups excluding carboxylic acids is 2. The lowest BCUT2D eigenvalue weighted by Gasteiger charge is -2.13. The summed E-state index contributed by atoms with van der Waals surface area (Å²) in [6, 6.07) is 5.51. The molecule has 1 N–H and O–H groups in total. The van der Waals surface area contributed by atoms with Crippen LogP contribution in [-0.4, -0.2) is 32.2 Å². The number of aryl methyl sites for hydroxylation is 2. The van der Waals surface area contributed by atoms with Gasteiger partial charge in [0.15, 0.2) is 18.1 Å². The highest BCUT2D eigenvalue weighted by atomic mass is 32.1. The molecule has 0 saturated heterocycles. The Bertz CT molecular complexity index is 874. The SMILES string of the molecule is CCOC(=O)c1c(NC(=O)COc2ccc(C)cc2OC)sc2c1CCCC2. The Hall–Kier alpha value is -2.54. The zero-order chi connectivity index (χ0) is 20.1. The zero-order valence-corrected chi connectivity index (χ0v) is 17.2. The quantitative estimate of drug-likeness (QED) is 0.704. The van der Waals surface area contributed by atoms with E-state index in [-0.39, 0.29) is 18.5 Å². The molecular weight excluding hydrogens is 378 g/mol. The van der Waals surface area contributed by atoms with Gasteiger partial charge in [0.05, 0.1) is 19.3 Å². The number of thiophene rings is 1. The lowest BCUT2D eigenvalue weighted by molar-refractivity contribution is -0.118. The monoisotopic (exact) mass is 403 g/mol. The first kappa shape index (κ1) is 20.2. The molecule has 0 saturated carbocycles. The van der Waals surface area contributed by atoms with Gasteiger partial charge in [0, 0.05) is 4.88 Å². The van der Waals surface area contributed by atoms with Gasteiger partial charge in [0.1, 0.15) is 5.00 Å². The molecule has 28 heavy (non-hydrogen) atoms. The van der Waals surface area contributed by atoms with Crippen LogP contribution in [0.3, 0.4) is 0 Å². The van der Waals surface area contributed by atoms with Gasteiger partial charge < -0.3 is 19.5 Å². The molecule has 1 heterocycles. The van der Waals surface area contributed by atoms with Gasteiger partial charge in [0.25, 0.3) is 5.91 Å². The minimum atomic E-state index is -0.377. The van der Waals surface area contributed by atoms with Crippen LogP contribution in [0.25, 0.3) is 0 Å². The molecule has 1 aromatic carbocycles. The second-order valence-electron chi connectivity index (χ2n) is 6.63. The standard InChI is InChI=1S/C21H25NO5S/c1-4-26-21(24)19-14-7-5-6-8-17(14)28-20(19)22-18(23)12-27-15-10-9-13(2)11-16(15)25-3/h9-11H,4-8,12H2,1-3H3,(H,22,23). The Morgan fingerprint density at radius 2 is 1.96 bits per heavy atom. The molecule has 7 heteroatoms. The summed E-state index contributed by atoms with van der Waals surface area (Å²) >= 11 is 1.46. The third-order valence-electron chi connectivity index (χ3n) is 4.58. The van der Waals surface area contributed by atoms with Crippen LogP contribution in [0.5, 0.6) is 11.5 Å². The van der Waals surface area contributed by atoms with Crippen LogP contribution in [0.15, 0.2) is 18.2 Å². The molecule has 1 aliphatic rings. The average molecular weight is 404 g/mol. The molecule has 0 atom stereocenters. The van der Waals surface area contributed by atoms with Crippen molar-refractivity contribution in [2.75, 3.05) is 25.6 Å². The van der Waals surface area contributed by atoms with Crippen molar-refractivity contribution < 1.29 is 23.8 Å². The number of benzene rings is 1. The highest BCUT2D eigenvalue weighted by Gasteiger charge is 2.27. The number of methoxy groups -OCH3 is 1. The van der Waals surface area contributed by atoms with Crippen LogP contribution >= 0.6 is 11.3 Å². The van der Waals surface area contributed by atoms with Crippen molar-refractivity contribution in [3.05, 3.63) is 39.8 Å². The van der Waals surface area contributed by atoms with Gasteiger partial charge >= 0.3 is 5.97 Å². The summed E-state index contributed by atoms with van der Waals surface area (Å²) in [5, 5.41) is 3.39. The molecule has 150 valence electrons. The maximum Gasteiger partial charge on any atom is 0.341 e. The van der Waals surface area contributed by atoms with E-state index < -0.39 is 0 Å². The maximum atomic E-state index is 12.5. The Labute approximate surface area is 168 Å². The van der Waals surface area contributed by atoms with Gasteiger partial charge in [-0.05, 0) is 62.8 Å². The second kappa shape index (κ2) is 9.10. The van der Waals surface area contributed by atoms with Crippen molar-refractivity contribution >= 4 is 28.2 Å². The summed E-state index contributed by atoms with van der Waals surface area (Å²) in [5.41, 5.74) is 2.56. The molecule has 0 radical (unpaired) electrons. The number of esters is 1. The normalized spacial score (nSPS) is 12.8. The van der Waals surface area contributed by atoms with Crippen LogP contribution in [-0.2, 0) is 22.4 Å². The summed E-state index contributed by atoms with van der Waals surface area (Å²) in [7, 11) is 1.56. The molecule has 0 spiro atoms. The first-order valence-corrected chi connectivity index (χ1v) is 10.2. The first-order valence-electron chi connectivity index (χ1n) is 9.42. The summed E-state index contributed by atoms with van der Waals surface area (Å²) in [4.78, 5) is 26.1. The lowest BCUT2D eigenvalue weighted by Crippen LogP contribution is -2.21. The minimum absolute atomic E-state index is 0.176. The largest absolute Gasteiger partial charge is 0.493 e. The number of fused-ring (bicyclic) bond motifs is 1. The van der Waals surface area contributed by atoms with E-state index in [0.717, 1.165) is 41.7 Å². The number of carbonyl (C=O) groups is 2. The van der Waals surface area contributed by atoms with Crippen LogP contribution in [0.4, 0.5) is 5.00 Å². The summed E-state index contributed by atoms with van der Waals surface area (Å²) in [6.45, 7) is 3.85. The maximum absolute atomic E-state index is 12.5. The van der Waals surface area contributed by atoms with Gasteiger partial charge in [-0.2, -0.15) is 0 Å². The highest BCUT2D eigenvalue weighted by molar-refractivity contribution is 7.17. The minimum Gasteiger partial charge on any atom is -0.493 e. The van der Waals surface area contributed by atoms with Crippen LogP contribution in [0, 0.1) is 6.92 Å². The van der Waals surface area contributed by atoms with E-state index in [0.29, 0.717) is 28.7 Å². The molecular formula is C21H25NO5S. The fourth-order valence-electron chi connectivity index (χ4n) is 3.27. The van der Waals surface area contributed by atoms with Gasteiger partial charge in [0.2, 0.25) is 0 Å². The van der Waals surface area contributed by atoms with Crippen LogP contribution < -0.4 is 14.8 Å². The Morgan fingerprint density at radius 3 is 2.71 bits per heavy atom. The molecule has 3 rings (SSSR count). The predicted molar refractivity (Wildman–Crippen MR) is 109 cm³/mol. The van der Waals surface area contributed by atoms with Gasteiger partial charge in [-0.15, -0.1) is 11.3 Å². The van der Waals surface area contributed by atoms with E-state index in [9.17, 15) is 9.59 Å². The number of nitrogens with one attached hydrogen (secondary N) is 1. The number of hydrogen-bond donors (Lipinski definition) is 1. The predicted octanol–water partition coefficient (Wildman–Crippen LogP) is 4.14. The molecule has 0 aliphatic heterocycles. The number of hydrogen-bond acceptors (Lipinski definition) is 6. The number of amides is 1. The zero-order valence-electron chi connectivity index (χ0n) is 16.4. The number of rotatable bonds is 7. The number of anilines is 1. The third-order valence-corrected chi connectivity index (χ3v) is 5.79. The van der Waals surface area contributed by atoms with Crippen molar-refractivity contribution in [1.29, 1.82) is 0 Å². The fraction of sp³-hybridized carbons (Fsp3) is 0.429. The topological polar surface area (TPSA) is 73.9 Å². The van der Waals surface area contributed by atoms with E-state index in [1.54, 1.807) is 20.1 Å². The highest BCUT2D eigenvalue weighted by Crippen LogP contribution is 2.38. The van der Waals surface area contributed by atoms with Crippen molar-refractivity contribution in [2.45, 2.75) is 39.5 Å². The van der Waals surface area contributed by atoms with E-state index in [4.69, 9.17) is 14.2 Å². The molecule has 1 amide bonds. The molecule has 2 aromatic rings. The van der Waals surface area contributed by atoms with E-state index >= 15 is 0 Å². The van der Waals surface area contributed by atoms with E-state index in [1.807, 2.05) is 19.1 Å². The van der Waals surface area contributed by atoms with E-state index in [2.05, 4.69) is 5.32 Å². The van der Waals surface area contributed by atoms with Gasteiger partial charge in [-0.25, -0.2) is 4.79 Å². The summed E-state index contributed by atoms with van der Waals surface area (Å²) < 4.78 is 16.1. The molecule has 0 bridgehead atoms. The van der Waals surface area contributed by atoms with Crippen LogP contribution in [0.2, 0.25) is 0 Å². The molecule has 0 fully saturated rings. The second-order valence-corrected chi connectivity index (χ2v) is 7.73. The number of ether oxygens (including phenoxy) is 3. The van der Waals surface area contributed by atoms with Gasteiger partial charge in [-0.1, -0.05) is 6.07 Å². The smallest absolute Gasteiger partial charge is 0.341 e. The van der Waals surface area contributed by atoms with Crippen LogP contribution in [0.1, 0.15) is 46.1 Å². The molecule has 1 aliphatic carbocycles. The van der Waals surface area contributed by atoms with Crippen molar-refractivity contribution in [2.24, 2.45) is 0 Å². The summed E-state index contributed by atoms with van der Waals surface area (Å²) in [6.07, 6.45) is 3.91. The van der Waals surface area contributed by atoms with Gasteiger partial charge in [-0.3, -0.25) is 4.79 Å². The third kappa shape index (κ3) is 4.47.